The normalized spacial score (nSPS) is 12.6. The Hall–Kier alpha value is -8.86. The van der Waals surface area contributed by atoms with Gasteiger partial charge in [0.2, 0.25) is 0 Å². The summed E-state index contributed by atoms with van der Waals surface area (Å²) >= 11 is 0. The number of furan rings is 1. The van der Waals surface area contributed by atoms with Gasteiger partial charge in [-0.15, -0.1) is 0 Å². The standard InChI is InChI=1S/C65H47N3O/c1-65(2)61-37-35-53(67(48-22-11-5-12-23-48)49-24-13-6-14-25-49)41-59(61)55-36-34-54(42-62(55)65)68(51-27-17-26-50(39-51)66(46-18-7-3-8-19-46)47-20-9-4-10-21-47)52-33-32-44-30-31-45-38-64-60(43-58(45)57(44)40-52)56-28-15-16-29-63(56)69-64/h3-43H,1-2H3. The fourth-order valence-corrected chi connectivity index (χ4v) is 10.8. The van der Waals surface area contributed by atoms with Gasteiger partial charge in [-0.3, -0.25) is 0 Å². The second kappa shape index (κ2) is 16.2. The van der Waals surface area contributed by atoms with E-state index in [1.54, 1.807) is 0 Å². The van der Waals surface area contributed by atoms with E-state index in [0.717, 1.165) is 78.5 Å². The molecule has 0 N–H and O–H groups in total. The third-order valence-electron chi connectivity index (χ3n) is 14.1. The van der Waals surface area contributed by atoms with Gasteiger partial charge in [0.1, 0.15) is 11.2 Å². The fourth-order valence-electron chi connectivity index (χ4n) is 10.8. The van der Waals surface area contributed by atoms with Crippen molar-refractivity contribution >= 4 is 94.7 Å². The molecule has 69 heavy (non-hydrogen) atoms. The number of nitrogens with zero attached hydrogens (tertiary/aromatic N) is 3. The fraction of sp³-hybridized carbons (Fsp3) is 0.0462. The predicted molar refractivity (Wildman–Crippen MR) is 290 cm³/mol. The summed E-state index contributed by atoms with van der Waals surface area (Å²) < 4.78 is 6.37. The van der Waals surface area contributed by atoms with Crippen LogP contribution in [-0.2, 0) is 5.41 Å². The van der Waals surface area contributed by atoms with E-state index < -0.39 is 0 Å². The highest BCUT2D eigenvalue weighted by Crippen LogP contribution is 2.53. The SMILES string of the molecule is CC1(C)c2ccc(N(c3ccccc3)c3ccccc3)cc2-c2ccc(N(c3cccc(N(c4ccccc4)c4ccccc4)c3)c3ccc4ccc5cc6oc7ccccc7c6cc5c4c3)cc21. The maximum Gasteiger partial charge on any atom is 0.136 e. The van der Waals surface area contributed by atoms with Crippen LogP contribution in [0.5, 0.6) is 0 Å². The highest BCUT2D eigenvalue weighted by Gasteiger charge is 2.37. The number of para-hydroxylation sites is 5. The third-order valence-corrected chi connectivity index (χ3v) is 14.1. The Morgan fingerprint density at radius 1 is 0.275 bits per heavy atom. The Morgan fingerprint density at radius 2 is 0.739 bits per heavy atom. The topological polar surface area (TPSA) is 22.9 Å². The molecule has 0 radical (unpaired) electrons. The average Bonchev–Trinajstić information content (AvgIpc) is 3.87. The molecule has 12 aromatic rings. The summed E-state index contributed by atoms with van der Waals surface area (Å²) in [5, 5.41) is 6.98. The van der Waals surface area contributed by atoms with Crippen LogP contribution in [0.2, 0.25) is 0 Å². The molecule has 1 aliphatic carbocycles. The van der Waals surface area contributed by atoms with Crippen LogP contribution in [0.1, 0.15) is 25.0 Å². The minimum absolute atomic E-state index is 0.257. The van der Waals surface area contributed by atoms with Crippen molar-refractivity contribution in [2.45, 2.75) is 19.3 Å². The lowest BCUT2D eigenvalue weighted by atomic mass is 9.82. The summed E-state index contributed by atoms with van der Waals surface area (Å²) in [6, 6.07) is 90.0. The van der Waals surface area contributed by atoms with E-state index in [4.69, 9.17) is 4.42 Å². The molecule has 0 bridgehead atoms. The molecule has 328 valence electrons. The minimum atomic E-state index is -0.257. The van der Waals surface area contributed by atoms with Gasteiger partial charge in [0, 0.05) is 67.4 Å². The Bertz CT molecular complexity index is 3800. The first-order valence-corrected chi connectivity index (χ1v) is 23.7. The van der Waals surface area contributed by atoms with Crippen molar-refractivity contribution in [1.82, 2.24) is 0 Å². The molecule has 4 nitrogen and oxygen atoms in total. The van der Waals surface area contributed by atoms with Crippen molar-refractivity contribution in [3.8, 4) is 11.1 Å². The number of benzene rings is 11. The molecular weight excluding hydrogens is 839 g/mol. The molecule has 0 saturated heterocycles. The van der Waals surface area contributed by atoms with Gasteiger partial charge in [0.25, 0.3) is 0 Å². The third kappa shape index (κ3) is 6.83. The van der Waals surface area contributed by atoms with Crippen molar-refractivity contribution in [2.75, 3.05) is 14.7 Å². The Kier molecular flexibility index (Phi) is 9.48. The lowest BCUT2D eigenvalue weighted by Gasteiger charge is -2.30. The van der Waals surface area contributed by atoms with Crippen LogP contribution in [0.4, 0.5) is 51.2 Å². The van der Waals surface area contributed by atoms with Crippen LogP contribution in [0.15, 0.2) is 253 Å². The van der Waals surface area contributed by atoms with E-state index >= 15 is 0 Å². The molecule has 0 saturated carbocycles. The van der Waals surface area contributed by atoms with Gasteiger partial charge < -0.3 is 19.1 Å². The Labute approximate surface area is 402 Å². The number of anilines is 9. The van der Waals surface area contributed by atoms with E-state index in [1.165, 1.54) is 38.4 Å². The zero-order chi connectivity index (χ0) is 46.1. The number of hydrogen-bond donors (Lipinski definition) is 0. The summed E-state index contributed by atoms with van der Waals surface area (Å²) in [7, 11) is 0. The molecule has 11 aromatic carbocycles. The minimum Gasteiger partial charge on any atom is -0.456 e. The Morgan fingerprint density at radius 3 is 1.38 bits per heavy atom. The summed E-state index contributed by atoms with van der Waals surface area (Å²) in [6.07, 6.45) is 0. The van der Waals surface area contributed by atoms with Crippen LogP contribution < -0.4 is 14.7 Å². The lowest BCUT2D eigenvalue weighted by molar-refractivity contribution is 0.660. The molecular formula is C65H47N3O. The quantitative estimate of drug-likeness (QED) is 0.135. The van der Waals surface area contributed by atoms with Gasteiger partial charge in [-0.2, -0.15) is 0 Å². The maximum absolute atomic E-state index is 6.37. The van der Waals surface area contributed by atoms with E-state index in [-0.39, 0.29) is 5.41 Å². The molecule has 4 heteroatoms. The first-order chi connectivity index (χ1) is 34.0. The average molecular weight is 886 g/mol. The van der Waals surface area contributed by atoms with Crippen LogP contribution in [0, 0.1) is 0 Å². The van der Waals surface area contributed by atoms with Gasteiger partial charge in [0.05, 0.1) is 0 Å². The molecule has 0 fully saturated rings. The van der Waals surface area contributed by atoms with Crippen molar-refractivity contribution in [1.29, 1.82) is 0 Å². The summed E-state index contributed by atoms with van der Waals surface area (Å²) in [5.74, 6) is 0. The first kappa shape index (κ1) is 40.4. The molecule has 0 spiro atoms. The molecule has 13 rings (SSSR count). The molecule has 0 amide bonds. The first-order valence-electron chi connectivity index (χ1n) is 23.7. The number of fused-ring (bicyclic) bond motifs is 9. The second-order valence-electron chi connectivity index (χ2n) is 18.6. The maximum atomic E-state index is 6.37. The van der Waals surface area contributed by atoms with Gasteiger partial charge in [-0.1, -0.05) is 141 Å². The zero-order valence-electron chi connectivity index (χ0n) is 38.4. The largest absolute Gasteiger partial charge is 0.456 e. The van der Waals surface area contributed by atoms with Crippen molar-refractivity contribution in [3.63, 3.8) is 0 Å². The number of hydrogen-bond acceptors (Lipinski definition) is 4. The highest BCUT2D eigenvalue weighted by molar-refractivity contribution is 6.17. The zero-order valence-corrected chi connectivity index (χ0v) is 38.4. The predicted octanol–water partition coefficient (Wildman–Crippen LogP) is 18.6. The molecule has 1 aromatic heterocycles. The Balaban J connectivity index is 0.996. The van der Waals surface area contributed by atoms with Crippen LogP contribution in [-0.4, -0.2) is 0 Å². The monoisotopic (exact) mass is 885 g/mol. The summed E-state index contributed by atoms with van der Waals surface area (Å²) in [4.78, 5) is 7.13. The second-order valence-corrected chi connectivity index (χ2v) is 18.6. The molecule has 0 atom stereocenters. The molecule has 0 aliphatic heterocycles. The summed E-state index contributed by atoms with van der Waals surface area (Å²) in [6.45, 7) is 4.75. The highest BCUT2D eigenvalue weighted by atomic mass is 16.3. The molecule has 1 heterocycles. The van der Waals surface area contributed by atoms with Crippen molar-refractivity contribution in [2.24, 2.45) is 0 Å². The van der Waals surface area contributed by atoms with E-state index in [0.29, 0.717) is 0 Å². The lowest BCUT2D eigenvalue weighted by Crippen LogP contribution is -2.17. The van der Waals surface area contributed by atoms with Gasteiger partial charge in [0.15, 0.2) is 0 Å². The van der Waals surface area contributed by atoms with Gasteiger partial charge in [-0.05, 0) is 165 Å². The number of rotatable bonds is 9. The summed E-state index contributed by atoms with van der Waals surface area (Å²) in [5.41, 5.74) is 16.6. The smallest absolute Gasteiger partial charge is 0.136 e. The van der Waals surface area contributed by atoms with E-state index in [2.05, 4.69) is 271 Å². The van der Waals surface area contributed by atoms with Crippen molar-refractivity contribution < 1.29 is 4.42 Å². The van der Waals surface area contributed by atoms with Crippen LogP contribution in [0.25, 0.3) is 54.6 Å². The van der Waals surface area contributed by atoms with Gasteiger partial charge >= 0.3 is 0 Å². The van der Waals surface area contributed by atoms with Crippen molar-refractivity contribution in [3.05, 3.63) is 260 Å². The van der Waals surface area contributed by atoms with E-state index in [1.807, 2.05) is 6.07 Å². The van der Waals surface area contributed by atoms with E-state index in [9.17, 15) is 0 Å². The van der Waals surface area contributed by atoms with Crippen LogP contribution >= 0.6 is 0 Å². The molecule has 0 unspecified atom stereocenters. The van der Waals surface area contributed by atoms with Gasteiger partial charge in [-0.25, -0.2) is 0 Å². The molecule has 1 aliphatic rings. The van der Waals surface area contributed by atoms with Crippen LogP contribution in [0.3, 0.4) is 0 Å².